The zero-order valence-electron chi connectivity index (χ0n) is 18.5. The van der Waals surface area contributed by atoms with Crippen LogP contribution >= 0.6 is 0 Å². The van der Waals surface area contributed by atoms with E-state index in [1.807, 2.05) is 66.9 Å². The molecule has 0 fully saturated rings. The fourth-order valence-electron chi connectivity index (χ4n) is 3.43. The van der Waals surface area contributed by atoms with Crippen molar-refractivity contribution >= 4 is 33.6 Å². The Hall–Kier alpha value is -3.88. The van der Waals surface area contributed by atoms with E-state index in [1.165, 1.54) is 0 Å². The third-order valence-electron chi connectivity index (χ3n) is 5.42. The first kappa shape index (κ1) is 25.4. The van der Waals surface area contributed by atoms with E-state index in [9.17, 15) is 14.7 Å². The Balaban J connectivity index is 0.000000228. The molecule has 0 amide bonds. The number of hydrogen-bond acceptors (Lipinski definition) is 4. The summed E-state index contributed by atoms with van der Waals surface area (Å²) in [6.07, 6.45) is 2.22. The molecule has 0 aliphatic rings. The van der Waals surface area contributed by atoms with E-state index in [0.29, 0.717) is 6.42 Å². The molecule has 1 heterocycles. The molecule has 2 atom stereocenters. The smallest absolute Gasteiger partial charge is 0.310 e. The van der Waals surface area contributed by atoms with Gasteiger partial charge in [-0.2, -0.15) is 0 Å². The van der Waals surface area contributed by atoms with Crippen LogP contribution in [0.15, 0.2) is 66.9 Å². The van der Waals surface area contributed by atoms with Crippen molar-refractivity contribution in [1.82, 2.24) is 4.98 Å². The van der Waals surface area contributed by atoms with Crippen LogP contribution in [0, 0.1) is 0 Å². The summed E-state index contributed by atoms with van der Waals surface area (Å²) in [7, 11) is 1.63. The van der Waals surface area contributed by atoms with E-state index in [4.69, 9.17) is 9.84 Å². The molecular formula is C25H28N2O6. The molecule has 3 aromatic carbocycles. The molecule has 0 aliphatic carbocycles. The number of benzene rings is 3. The van der Waals surface area contributed by atoms with Gasteiger partial charge in [-0.25, -0.2) is 0 Å². The lowest BCUT2D eigenvalue weighted by Crippen LogP contribution is -2.69. The Morgan fingerprint density at radius 2 is 1.76 bits per heavy atom. The first-order valence-electron chi connectivity index (χ1n) is 10.2. The molecule has 174 valence electrons. The molecule has 0 radical (unpaired) electrons. The molecule has 4 rings (SSSR count). The maximum atomic E-state index is 10.9. The zero-order valence-corrected chi connectivity index (χ0v) is 18.5. The second-order valence-corrected chi connectivity index (χ2v) is 7.61. The first-order valence-corrected chi connectivity index (χ1v) is 10.2. The second-order valence-electron chi connectivity index (χ2n) is 7.61. The van der Waals surface area contributed by atoms with Crippen LogP contribution in [0.3, 0.4) is 0 Å². The van der Waals surface area contributed by atoms with Crippen LogP contribution in [0.2, 0.25) is 0 Å². The highest BCUT2D eigenvalue weighted by Crippen LogP contribution is 2.25. The van der Waals surface area contributed by atoms with Crippen LogP contribution in [0.1, 0.15) is 24.0 Å². The van der Waals surface area contributed by atoms with Gasteiger partial charge in [-0.1, -0.05) is 42.5 Å². The van der Waals surface area contributed by atoms with Gasteiger partial charge in [-0.15, -0.1) is 0 Å². The fourth-order valence-corrected chi connectivity index (χ4v) is 3.43. The molecule has 8 nitrogen and oxygen atoms in total. The molecule has 4 aromatic rings. The fraction of sp³-hybridized carbons (Fsp3) is 0.200. The maximum Gasteiger partial charge on any atom is 0.310 e. The third-order valence-corrected chi connectivity index (χ3v) is 5.42. The second kappa shape index (κ2) is 11.1. The summed E-state index contributed by atoms with van der Waals surface area (Å²) in [5.41, 5.74) is 6.34. The van der Waals surface area contributed by atoms with E-state index >= 15 is 0 Å². The number of fused-ring (bicyclic) bond motifs is 2. The van der Waals surface area contributed by atoms with Crippen molar-refractivity contribution < 1.29 is 35.7 Å². The molecule has 1 aromatic heterocycles. The largest absolute Gasteiger partial charge is 0.544 e. The molecule has 0 saturated carbocycles. The van der Waals surface area contributed by atoms with Gasteiger partial charge in [0.25, 0.3) is 0 Å². The lowest BCUT2D eigenvalue weighted by molar-refractivity contribution is -0.436. The average molecular weight is 453 g/mol. The molecule has 0 aliphatic heterocycles. The predicted molar refractivity (Wildman–Crippen MR) is 124 cm³/mol. The molecule has 0 bridgehead atoms. The first-order chi connectivity index (χ1) is 15.3. The molecule has 8 heteroatoms. The number of carboxylic acids is 2. The third kappa shape index (κ3) is 6.09. The molecule has 0 unspecified atom stereocenters. The van der Waals surface area contributed by atoms with Crippen molar-refractivity contribution in [3.8, 4) is 5.75 Å². The summed E-state index contributed by atoms with van der Waals surface area (Å²) < 4.78 is 5.14. The number of aliphatic carboxylic acids is 2. The van der Waals surface area contributed by atoms with Crippen LogP contribution in [0.4, 0.5) is 0 Å². The minimum Gasteiger partial charge on any atom is -0.544 e. The van der Waals surface area contributed by atoms with Crippen molar-refractivity contribution in [2.45, 2.75) is 25.3 Å². The maximum absolute atomic E-state index is 10.9. The Morgan fingerprint density at radius 3 is 2.42 bits per heavy atom. The minimum absolute atomic E-state index is 0. The number of quaternary nitrogens is 1. The van der Waals surface area contributed by atoms with Crippen LogP contribution < -0.4 is 15.6 Å². The van der Waals surface area contributed by atoms with E-state index in [1.54, 1.807) is 14.0 Å². The van der Waals surface area contributed by atoms with Crippen LogP contribution in [0.25, 0.3) is 21.7 Å². The molecule has 0 saturated heterocycles. The number of para-hydroxylation sites is 1. The Labute approximate surface area is 190 Å². The minimum atomic E-state index is -1.11. The predicted octanol–water partition coefficient (Wildman–Crippen LogP) is 1.28. The number of aromatic nitrogens is 1. The van der Waals surface area contributed by atoms with Crippen LogP contribution in [-0.2, 0) is 16.0 Å². The number of hydrogen-bond donors (Lipinski definition) is 3. The van der Waals surface area contributed by atoms with Gasteiger partial charge in [-0.3, -0.25) is 4.79 Å². The average Bonchev–Trinajstić information content (AvgIpc) is 3.21. The summed E-state index contributed by atoms with van der Waals surface area (Å²) in [5.74, 6) is -1.60. The van der Waals surface area contributed by atoms with Gasteiger partial charge >= 0.3 is 5.97 Å². The van der Waals surface area contributed by atoms with E-state index < -0.39 is 23.9 Å². The van der Waals surface area contributed by atoms with Crippen molar-refractivity contribution in [3.05, 3.63) is 78.0 Å². The van der Waals surface area contributed by atoms with Crippen molar-refractivity contribution in [2.75, 3.05) is 7.11 Å². The van der Waals surface area contributed by atoms with Gasteiger partial charge in [0.1, 0.15) is 11.8 Å². The number of H-pyrrole nitrogens is 1. The topological polar surface area (TPSA) is 162 Å². The standard InChI is InChI=1S/C14H14O3.C11H12N2O2.H2O/c1-9(14(15)16)10-3-4-12-8-13(17-2)6-5-11(12)7-10;12-9(11(14)15)5-7-6-13-10-4-2-1-3-8(7)10;/h3-9H,1-2H3,(H,15,16);1-4,6,9,13H,5,12H2,(H,14,15);1H2/t2*9-;/m01./s1. The number of methoxy groups -OCH3 is 1. The van der Waals surface area contributed by atoms with Crippen molar-refractivity contribution in [3.63, 3.8) is 0 Å². The van der Waals surface area contributed by atoms with Gasteiger partial charge in [0, 0.05) is 23.5 Å². The van der Waals surface area contributed by atoms with Crippen molar-refractivity contribution in [2.24, 2.45) is 0 Å². The molecule has 33 heavy (non-hydrogen) atoms. The zero-order chi connectivity index (χ0) is 23.3. The Bertz CT molecular complexity index is 1250. The summed E-state index contributed by atoms with van der Waals surface area (Å²) in [6.45, 7) is 1.69. The molecule has 0 spiro atoms. The highest BCUT2D eigenvalue weighted by atomic mass is 16.5. The summed E-state index contributed by atoms with van der Waals surface area (Å²) >= 11 is 0. The monoisotopic (exact) mass is 452 g/mol. The number of carbonyl (C=O) groups is 2. The highest BCUT2D eigenvalue weighted by molar-refractivity contribution is 5.86. The van der Waals surface area contributed by atoms with Crippen LogP contribution in [0.5, 0.6) is 5.75 Å². The molecular weight excluding hydrogens is 424 g/mol. The van der Waals surface area contributed by atoms with E-state index in [2.05, 4.69) is 10.7 Å². The molecule has 7 N–H and O–H groups in total. The normalized spacial score (nSPS) is 12.2. The Kier molecular flexibility index (Phi) is 8.56. The number of ether oxygens (including phenoxy) is 1. The van der Waals surface area contributed by atoms with E-state index in [0.717, 1.165) is 38.6 Å². The van der Waals surface area contributed by atoms with Gasteiger partial charge in [0.15, 0.2) is 0 Å². The number of rotatable bonds is 6. The van der Waals surface area contributed by atoms with Gasteiger partial charge in [-0.05, 0) is 47.0 Å². The number of nitrogens with one attached hydrogen (secondary N) is 1. The van der Waals surface area contributed by atoms with Gasteiger partial charge in [0.2, 0.25) is 0 Å². The van der Waals surface area contributed by atoms with Crippen molar-refractivity contribution in [1.29, 1.82) is 0 Å². The van der Waals surface area contributed by atoms with Gasteiger partial charge in [0.05, 0.1) is 19.0 Å². The highest BCUT2D eigenvalue weighted by Gasteiger charge is 2.14. The summed E-state index contributed by atoms with van der Waals surface area (Å²) in [6, 6.07) is 18.5. The summed E-state index contributed by atoms with van der Waals surface area (Å²) in [5, 5.41) is 22.7. The SMILES string of the molecule is COc1ccc2cc([C@H](C)C(=O)O)ccc2c1.O.[NH3+][C@H](Cc1c[nH]c2ccccc12)C(=O)[O-]. The number of carboxylic acid groups (broad SMARTS) is 2. The number of carbonyl (C=O) groups excluding carboxylic acids is 1. The van der Waals surface area contributed by atoms with Gasteiger partial charge < -0.3 is 35.9 Å². The summed E-state index contributed by atoms with van der Waals surface area (Å²) in [4.78, 5) is 24.6. The lowest BCUT2D eigenvalue weighted by atomic mass is 9.98. The lowest BCUT2D eigenvalue weighted by Gasteiger charge is -2.08. The quantitative estimate of drug-likeness (QED) is 0.401. The Morgan fingerprint density at radius 1 is 1.09 bits per heavy atom. The number of aromatic amines is 1. The van der Waals surface area contributed by atoms with E-state index in [-0.39, 0.29) is 5.48 Å². The van der Waals surface area contributed by atoms with Crippen LogP contribution in [-0.4, -0.2) is 40.7 Å².